The van der Waals surface area contributed by atoms with Crippen molar-refractivity contribution in [3.05, 3.63) is 36.5 Å². The lowest BCUT2D eigenvalue weighted by atomic mass is 9.99. The van der Waals surface area contributed by atoms with Crippen LogP contribution in [0.4, 0.5) is 0 Å². The van der Waals surface area contributed by atoms with Gasteiger partial charge in [-0.25, -0.2) is 4.31 Å². The minimum absolute atomic E-state index is 0.129. The number of nitrogens with zero attached hydrogens (tertiary/aromatic N) is 1. The Balaban J connectivity index is 0.00000190. The van der Waals surface area contributed by atoms with Crippen molar-refractivity contribution in [2.75, 3.05) is 40.0 Å². The Labute approximate surface area is 175 Å². The Morgan fingerprint density at radius 1 is 1.29 bits per heavy atom. The van der Waals surface area contributed by atoms with E-state index in [9.17, 15) is 4.79 Å². The zero-order chi connectivity index (χ0) is 20.8. The summed E-state index contributed by atoms with van der Waals surface area (Å²) >= 11 is 1.65. The molecule has 2 aliphatic rings. The molecule has 0 bridgehead atoms. The van der Waals surface area contributed by atoms with Crippen LogP contribution in [0.2, 0.25) is 0 Å². The van der Waals surface area contributed by atoms with Crippen molar-refractivity contribution >= 4 is 17.9 Å². The molecule has 160 valence electrons. The predicted molar refractivity (Wildman–Crippen MR) is 117 cm³/mol. The molecule has 2 heterocycles. The second-order valence-electron chi connectivity index (χ2n) is 6.59. The molecule has 0 unspecified atom stereocenters. The summed E-state index contributed by atoms with van der Waals surface area (Å²) in [5.41, 5.74) is 1.16. The average molecular weight is 412 g/mol. The van der Waals surface area contributed by atoms with E-state index in [2.05, 4.69) is 17.0 Å². The van der Waals surface area contributed by atoms with Crippen molar-refractivity contribution in [2.24, 2.45) is 0 Å². The van der Waals surface area contributed by atoms with E-state index < -0.39 is 4.75 Å². The van der Waals surface area contributed by atoms with E-state index in [1.165, 1.54) is 7.11 Å². The third-order valence-corrected chi connectivity index (χ3v) is 6.41. The first-order valence-electron chi connectivity index (χ1n) is 10.3. The van der Waals surface area contributed by atoms with E-state index in [-0.39, 0.29) is 12.1 Å². The summed E-state index contributed by atoms with van der Waals surface area (Å²) < 4.78 is 18.4. The third kappa shape index (κ3) is 7.74. The molecule has 0 aromatic carbocycles. The standard InChI is InChI=1S/C20H31NO4S.C2H6/c1-4-6-7-17(5-2)16-25-18-8-12-21(13-9-18)26-20(19(22)23-3)10-14-24-15-11-20;1-2/h4-7,18H,1,8-16H2,2-3H3;1-2H3/b7-6-,17-5+;. The summed E-state index contributed by atoms with van der Waals surface area (Å²) in [6, 6.07) is 0. The molecule has 0 N–H and O–H groups in total. The monoisotopic (exact) mass is 411 g/mol. The van der Waals surface area contributed by atoms with Crippen LogP contribution < -0.4 is 0 Å². The largest absolute Gasteiger partial charge is 0.468 e. The van der Waals surface area contributed by atoms with E-state index in [1.54, 1.807) is 18.0 Å². The summed E-state index contributed by atoms with van der Waals surface area (Å²) in [5.74, 6) is -0.129. The highest BCUT2D eigenvalue weighted by molar-refractivity contribution is 7.99. The van der Waals surface area contributed by atoms with Crippen molar-refractivity contribution in [3.63, 3.8) is 0 Å². The maximum Gasteiger partial charge on any atom is 0.323 e. The number of methoxy groups -OCH3 is 1. The molecule has 0 amide bonds. The van der Waals surface area contributed by atoms with Gasteiger partial charge >= 0.3 is 5.97 Å². The van der Waals surface area contributed by atoms with Gasteiger partial charge in [-0.15, -0.1) is 0 Å². The highest BCUT2D eigenvalue weighted by Gasteiger charge is 2.44. The van der Waals surface area contributed by atoms with E-state index in [0.717, 1.165) is 31.5 Å². The van der Waals surface area contributed by atoms with Gasteiger partial charge in [-0.1, -0.05) is 56.7 Å². The Morgan fingerprint density at radius 3 is 2.46 bits per heavy atom. The molecule has 6 heteroatoms. The fraction of sp³-hybridized carbons (Fsp3) is 0.682. The fourth-order valence-electron chi connectivity index (χ4n) is 3.19. The maximum absolute atomic E-state index is 12.4. The molecule has 2 aliphatic heterocycles. The fourth-order valence-corrected chi connectivity index (χ4v) is 4.59. The SMILES string of the molecule is C=C/C=C\C(=C/C)COC1CCN(SC2(C(=O)OC)CCOCC2)CC1.CC. The van der Waals surface area contributed by atoms with E-state index in [4.69, 9.17) is 14.2 Å². The summed E-state index contributed by atoms with van der Waals surface area (Å²) in [6.07, 6.45) is 11.4. The van der Waals surface area contributed by atoms with Gasteiger partial charge in [-0.3, -0.25) is 4.79 Å². The van der Waals surface area contributed by atoms with Crippen molar-refractivity contribution < 1.29 is 19.0 Å². The topological polar surface area (TPSA) is 48.0 Å². The molecule has 0 aromatic rings. The second kappa shape index (κ2) is 14.0. The number of hydrogen-bond acceptors (Lipinski definition) is 6. The Morgan fingerprint density at radius 2 is 1.93 bits per heavy atom. The van der Waals surface area contributed by atoms with Gasteiger partial charge in [0, 0.05) is 26.3 Å². The van der Waals surface area contributed by atoms with Crippen LogP contribution in [0.15, 0.2) is 36.5 Å². The lowest BCUT2D eigenvalue weighted by Gasteiger charge is -2.39. The van der Waals surface area contributed by atoms with Gasteiger partial charge in [-0.05, 0) is 38.2 Å². The second-order valence-corrected chi connectivity index (χ2v) is 8.07. The van der Waals surface area contributed by atoms with Crippen LogP contribution >= 0.6 is 11.9 Å². The number of rotatable bonds is 8. The van der Waals surface area contributed by atoms with Crippen LogP contribution in [-0.2, 0) is 19.0 Å². The Bertz CT molecular complexity index is 519. The molecule has 0 spiro atoms. The molecule has 0 radical (unpaired) electrons. The highest BCUT2D eigenvalue weighted by atomic mass is 32.2. The molecule has 2 fully saturated rings. The molecular formula is C22H37NO4S. The number of ether oxygens (including phenoxy) is 3. The first-order chi connectivity index (χ1) is 13.6. The van der Waals surface area contributed by atoms with E-state index in [1.807, 2.05) is 32.9 Å². The molecule has 0 saturated carbocycles. The van der Waals surface area contributed by atoms with Crippen LogP contribution in [0.1, 0.15) is 46.5 Å². The van der Waals surface area contributed by atoms with Gasteiger partial charge in [0.1, 0.15) is 4.75 Å². The van der Waals surface area contributed by atoms with Gasteiger partial charge in [0.25, 0.3) is 0 Å². The predicted octanol–water partition coefficient (Wildman–Crippen LogP) is 4.55. The zero-order valence-corrected chi connectivity index (χ0v) is 18.8. The van der Waals surface area contributed by atoms with Crippen LogP contribution in [0.3, 0.4) is 0 Å². The molecule has 0 atom stereocenters. The molecule has 0 aromatic heterocycles. The van der Waals surface area contributed by atoms with Crippen molar-refractivity contribution in [1.29, 1.82) is 0 Å². The number of piperidine rings is 1. The van der Waals surface area contributed by atoms with Gasteiger partial charge in [0.15, 0.2) is 0 Å². The van der Waals surface area contributed by atoms with Crippen LogP contribution in [0.25, 0.3) is 0 Å². The first kappa shape index (κ1) is 25.0. The van der Waals surface area contributed by atoms with Crippen LogP contribution in [0.5, 0.6) is 0 Å². The van der Waals surface area contributed by atoms with E-state index in [0.29, 0.717) is 32.7 Å². The van der Waals surface area contributed by atoms with Crippen LogP contribution in [-0.4, -0.2) is 61.1 Å². The smallest absolute Gasteiger partial charge is 0.323 e. The first-order valence-corrected chi connectivity index (χ1v) is 11.1. The zero-order valence-electron chi connectivity index (χ0n) is 17.9. The molecule has 5 nitrogen and oxygen atoms in total. The van der Waals surface area contributed by atoms with Gasteiger partial charge in [0.2, 0.25) is 0 Å². The highest BCUT2D eigenvalue weighted by Crippen LogP contribution is 2.40. The van der Waals surface area contributed by atoms with Gasteiger partial charge in [0.05, 0.1) is 19.8 Å². The van der Waals surface area contributed by atoms with Crippen molar-refractivity contribution in [3.8, 4) is 0 Å². The molecule has 0 aliphatic carbocycles. The minimum atomic E-state index is -0.492. The molecule has 28 heavy (non-hydrogen) atoms. The summed E-state index contributed by atoms with van der Waals surface area (Å²) in [4.78, 5) is 12.4. The number of carbonyl (C=O) groups is 1. The van der Waals surface area contributed by atoms with E-state index >= 15 is 0 Å². The number of carbonyl (C=O) groups excluding carboxylic acids is 1. The van der Waals surface area contributed by atoms with Crippen LogP contribution in [0, 0.1) is 0 Å². The Kier molecular flexibility index (Phi) is 12.5. The number of allylic oxidation sites excluding steroid dienone is 3. The minimum Gasteiger partial charge on any atom is -0.468 e. The lowest BCUT2D eigenvalue weighted by Crippen LogP contribution is -2.46. The summed E-state index contributed by atoms with van der Waals surface area (Å²) in [5, 5.41) is 0. The molecule has 2 rings (SSSR count). The normalized spacial score (nSPS) is 21.1. The van der Waals surface area contributed by atoms with Gasteiger partial charge < -0.3 is 14.2 Å². The van der Waals surface area contributed by atoms with Gasteiger partial charge in [-0.2, -0.15) is 0 Å². The number of hydrogen-bond donors (Lipinski definition) is 0. The maximum atomic E-state index is 12.4. The average Bonchev–Trinajstić information content (AvgIpc) is 2.76. The number of esters is 1. The summed E-state index contributed by atoms with van der Waals surface area (Å²) in [7, 11) is 1.47. The Hall–Kier alpha value is -1.08. The lowest BCUT2D eigenvalue weighted by molar-refractivity contribution is -0.146. The molecular weight excluding hydrogens is 374 g/mol. The van der Waals surface area contributed by atoms with Crippen molar-refractivity contribution in [2.45, 2.75) is 57.3 Å². The van der Waals surface area contributed by atoms with Crippen molar-refractivity contribution in [1.82, 2.24) is 4.31 Å². The molecule has 2 saturated heterocycles. The quantitative estimate of drug-likeness (QED) is 0.332. The summed E-state index contributed by atoms with van der Waals surface area (Å²) in [6.45, 7) is 13.4. The third-order valence-electron chi connectivity index (χ3n) is 4.87.